The molecule has 0 radical (unpaired) electrons. The summed E-state index contributed by atoms with van der Waals surface area (Å²) in [6, 6.07) is 23.6. The lowest BCUT2D eigenvalue weighted by Crippen LogP contribution is -1.98. The lowest BCUT2D eigenvalue weighted by Gasteiger charge is -2.05. The van der Waals surface area contributed by atoms with Crippen LogP contribution in [-0.2, 0) is 0 Å². The predicted octanol–water partition coefficient (Wildman–Crippen LogP) is 6.52. The number of ether oxygens (including phenoxy) is 2. The fraction of sp³-hybridized carbons (Fsp3) is 0.148. The Hall–Kier alpha value is -3.59. The van der Waals surface area contributed by atoms with Crippen molar-refractivity contribution in [2.45, 2.75) is 19.8 Å². The fourth-order valence-corrected chi connectivity index (χ4v) is 3.28. The largest absolute Gasteiger partial charge is 0.489 e. The fourth-order valence-electron chi connectivity index (χ4n) is 3.28. The molecule has 0 spiro atoms. The van der Waals surface area contributed by atoms with Crippen LogP contribution in [0.5, 0.6) is 11.5 Å². The van der Waals surface area contributed by atoms with Gasteiger partial charge in [-0.1, -0.05) is 74.5 Å². The summed E-state index contributed by atoms with van der Waals surface area (Å²) < 4.78 is 11.6. The first-order valence-electron chi connectivity index (χ1n) is 10.1. The monoisotopic (exact) mass is 396 g/mol. The molecule has 150 valence electrons. The van der Waals surface area contributed by atoms with E-state index in [9.17, 15) is 4.79 Å². The predicted molar refractivity (Wildman–Crippen MR) is 121 cm³/mol. The molecule has 3 aromatic carbocycles. The molecule has 0 fully saturated rings. The van der Waals surface area contributed by atoms with Gasteiger partial charge in [-0.15, -0.1) is 0 Å². The number of benzene rings is 3. The minimum atomic E-state index is -0.103. The standard InChI is InChI=1S/C27H24O3/c1-19(2)22-12-10-21(11-13-22)17-26-27(28)24-15-14-23(18-25(24)30-26)29-16-6-9-20-7-4-3-5-8-20/h3-15,17-19H,16H2,1-2H3. The molecule has 0 atom stereocenters. The van der Waals surface area contributed by atoms with Gasteiger partial charge in [0.05, 0.1) is 5.56 Å². The number of hydrogen-bond donors (Lipinski definition) is 0. The topological polar surface area (TPSA) is 35.5 Å². The van der Waals surface area contributed by atoms with E-state index in [0.29, 0.717) is 35.3 Å². The highest BCUT2D eigenvalue weighted by Gasteiger charge is 2.27. The quantitative estimate of drug-likeness (QED) is 0.445. The van der Waals surface area contributed by atoms with Crippen LogP contribution < -0.4 is 9.47 Å². The highest BCUT2D eigenvalue weighted by Crippen LogP contribution is 2.35. The van der Waals surface area contributed by atoms with E-state index in [0.717, 1.165) is 11.1 Å². The molecule has 0 amide bonds. The molecule has 0 unspecified atom stereocenters. The summed E-state index contributed by atoms with van der Waals surface area (Å²) in [4.78, 5) is 12.7. The first kappa shape index (κ1) is 19.7. The molecule has 1 aliphatic rings. The van der Waals surface area contributed by atoms with Crippen LogP contribution in [0.4, 0.5) is 0 Å². The van der Waals surface area contributed by atoms with Crippen LogP contribution in [0.3, 0.4) is 0 Å². The van der Waals surface area contributed by atoms with Crippen LogP contribution in [0.15, 0.2) is 84.6 Å². The Morgan fingerprint density at radius 2 is 1.70 bits per heavy atom. The maximum absolute atomic E-state index is 12.7. The molecule has 3 aromatic rings. The minimum absolute atomic E-state index is 0.103. The number of carbonyl (C=O) groups is 1. The zero-order valence-electron chi connectivity index (χ0n) is 17.2. The lowest BCUT2D eigenvalue weighted by atomic mass is 10.0. The molecule has 30 heavy (non-hydrogen) atoms. The Morgan fingerprint density at radius 3 is 2.43 bits per heavy atom. The van der Waals surface area contributed by atoms with Gasteiger partial charge in [-0.05, 0) is 46.9 Å². The van der Waals surface area contributed by atoms with Gasteiger partial charge in [0.2, 0.25) is 5.78 Å². The molecule has 0 saturated carbocycles. The van der Waals surface area contributed by atoms with Gasteiger partial charge in [-0.25, -0.2) is 0 Å². The third kappa shape index (κ3) is 4.52. The van der Waals surface area contributed by atoms with E-state index in [-0.39, 0.29) is 5.78 Å². The highest BCUT2D eigenvalue weighted by atomic mass is 16.5. The maximum atomic E-state index is 12.7. The first-order valence-corrected chi connectivity index (χ1v) is 10.1. The van der Waals surface area contributed by atoms with Crippen molar-refractivity contribution in [1.82, 2.24) is 0 Å². The molecular weight excluding hydrogens is 372 g/mol. The summed E-state index contributed by atoms with van der Waals surface area (Å²) in [6.45, 7) is 4.75. The summed E-state index contributed by atoms with van der Waals surface area (Å²) in [5, 5.41) is 0. The smallest absolute Gasteiger partial charge is 0.231 e. The van der Waals surface area contributed by atoms with Crippen molar-refractivity contribution < 1.29 is 14.3 Å². The number of carbonyl (C=O) groups excluding carboxylic acids is 1. The maximum Gasteiger partial charge on any atom is 0.231 e. The second-order valence-corrected chi connectivity index (χ2v) is 7.54. The Balaban J connectivity index is 1.42. The van der Waals surface area contributed by atoms with E-state index in [4.69, 9.17) is 9.47 Å². The molecular formula is C27H24O3. The zero-order chi connectivity index (χ0) is 20.9. The van der Waals surface area contributed by atoms with Gasteiger partial charge in [0.1, 0.15) is 18.1 Å². The van der Waals surface area contributed by atoms with E-state index < -0.39 is 0 Å². The third-order valence-corrected chi connectivity index (χ3v) is 5.00. The normalized spacial score (nSPS) is 14.4. The van der Waals surface area contributed by atoms with Crippen LogP contribution in [-0.4, -0.2) is 12.4 Å². The first-order chi connectivity index (χ1) is 14.6. The van der Waals surface area contributed by atoms with Gasteiger partial charge in [0, 0.05) is 6.07 Å². The van der Waals surface area contributed by atoms with Crippen molar-refractivity contribution in [3.63, 3.8) is 0 Å². The van der Waals surface area contributed by atoms with Crippen molar-refractivity contribution in [3.05, 3.63) is 107 Å². The van der Waals surface area contributed by atoms with Crippen molar-refractivity contribution in [3.8, 4) is 11.5 Å². The van der Waals surface area contributed by atoms with E-state index >= 15 is 0 Å². The van der Waals surface area contributed by atoms with Gasteiger partial charge >= 0.3 is 0 Å². The zero-order valence-corrected chi connectivity index (χ0v) is 17.2. The van der Waals surface area contributed by atoms with Crippen LogP contribution >= 0.6 is 0 Å². The van der Waals surface area contributed by atoms with E-state index in [2.05, 4.69) is 26.0 Å². The second kappa shape index (κ2) is 8.83. The second-order valence-electron chi connectivity index (χ2n) is 7.54. The lowest BCUT2D eigenvalue weighted by molar-refractivity contribution is 0.101. The average molecular weight is 396 g/mol. The molecule has 4 rings (SSSR count). The Labute approximate surface area is 177 Å². The number of rotatable bonds is 6. The van der Waals surface area contributed by atoms with E-state index in [1.807, 2.05) is 54.6 Å². The Morgan fingerprint density at radius 1 is 0.933 bits per heavy atom. The average Bonchev–Trinajstić information content (AvgIpc) is 3.07. The number of fused-ring (bicyclic) bond motifs is 1. The van der Waals surface area contributed by atoms with Crippen molar-refractivity contribution in [2.24, 2.45) is 0 Å². The summed E-state index contributed by atoms with van der Waals surface area (Å²) in [7, 11) is 0. The van der Waals surface area contributed by atoms with E-state index in [1.54, 1.807) is 24.3 Å². The molecule has 1 heterocycles. The van der Waals surface area contributed by atoms with Gasteiger partial charge < -0.3 is 9.47 Å². The summed E-state index contributed by atoms with van der Waals surface area (Å²) >= 11 is 0. The number of Topliss-reactive ketones (excluding diaryl/α,β-unsaturated/α-hetero) is 1. The molecule has 0 bridgehead atoms. The van der Waals surface area contributed by atoms with Crippen LogP contribution in [0.1, 0.15) is 46.8 Å². The van der Waals surface area contributed by atoms with Crippen LogP contribution in [0, 0.1) is 0 Å². The van der Waals surface area contributed by atoms with Gasteiger partial charge in [-0.2, -0.15) is 0 Å². The Bertz CT molecular complexity index is 1090. The summed E-state index contributed by atoms with van der Waals surface area (Å²) in [6.07, 6.45) is 5.76. The minimum Gasteiger partial charge on any atom is -0.489 e. The number of ketones is 1. The van der Waals surface area contributed by atoms with Crippen molar-refractivity contribution in [1.29, 1.82) is 0 Å². The van der Waals surface area contributed by atoms with Crippen LogP contribution in [0.25, 0.3) is 12.2 Å². The highest BCUT2D eigenvalue weighted by molar-refractivity contribution is 6.14. The molecule has 3 nitrogen and oxygen atoms in total. The molecule has 1 aliphatic heterocycles. The van der Waals surface area contributed by atoms with Gasteiger partial charge in [0.25, 0.3) is 0 Å². The SMILES string of the molecule is CC(C)c1ccc(C=C2Oc3cc(OCC=Cc4ccccc4)ccc3C2=O)cc1. The van der Waals surface area contributed by atoms with Gasteiger partial charge in [0.15, 0.2) is 5.76 Å². The Kier molecular flexibility index (Phi) is 5.80. The summed E-state index contributed by atoms with van der Waals surface area (Å²) in [5.74, 6) is 1.91. The molecule has 3 heteroatoms. The van der Waals surface area contributed by atoms with Crippen molar-refractivity contribution in [2.75, 3.05) is 6.61 Å². The molecule has 0 N–H and O–H groups in total. The van der Waals surface area contributed by atoms with Gasteiger partial charge in [-0.3, -0.25) is 4.79 Å². The molecule has 0 aliphatic carbocycles. The number of allylic oxidation sites excluding steroid dienone is 1. The third-order valence-electron chi connectivity index (χ3n) is 5.00. The van der Waals surface area contributed by atoms with Crippen LogP contribution in [0.2, 0.25) is 0 Å². The number of hydrogen-bond acceptors (Lipinski definition) is 3. The molecule has 0 saturated heterocycles. The van der Waals surface area contributed by atoms with Crippen molar-refractivity contribution >= 4 is 17.9 Å². The van der Waals surface area contributed by atoms with E-state index in [1.165, 1.54) is 5.56 Å². The molecule has 0 aromatic heterocycles. The summed E-state index contributed by atoms with van der Waals surface area (Å²) in [5.41, 5.74) is 3.90.